The number of hydrogen-bond acceptors (Lipinski definition) is 1. The highest BCUT2D eigenvalue weighted by atomic mass is 79.9. The predicted octanol–water partition coefficient (Wildman–Crippen LogP) is 2.81. The first-order valence-corrected chi connectivity index (χ1v) is 4.81. The van der Waals surface area contributed by atoms with Gasteiger partial charge in [-0.2, -0.15) is 0 Å². The Morgan fingerprint density at radius 2 is 1.92 bits per heavy atom. The van der Waals surface area contributed by atoms with Gasteiger partial charge in [0.05, 0.1) is 0 Å². The van der Waals surface area contributed by atoms with Crippen molar-refractivity contribution in [1.82, 2.24) is 4.81 Å². The van der Waals surface area contributed by atoms with Crippen LogP contribution in [0.15, 0.2) is 46.0 Å². The lowest BCUT2D eigenvalue weighted by Crippen LogP contribution is -2.35. The van der Waals surface area contributed by atoms with Crippen molar-refractivity contribution in [1.29, 1.82) is 0 Å². The van der Waals surface area contributed by atoms with E-state index in [1.54, 1.807) is 0 Å². The molecular weight excluding hydrogens is 236 g/mol. The van der Waals surface area contributed by atoms with Crippen LogP contribution in [-0.2, 0) is 0 Å². The van der Waals surface area contributed by atoms with E-state index >= 15 is 0 Å². The SMILES string of the molecule is ClC1=CC=CN2C=CC=C(Br)B12. The van der Waals surface area contributed by atoms with Crippen molar-refractivity contribution in [3.8, 4) is 0 Å². The van der Waals surface area contributed by atoms with E-state index in [1.807, 2.05) is 36.7 Å². The Bertz CT molecular complexity index is 289. The van der Waals surface area contributed by atoms with Gasteiger partial charge in [0.2, 0.25) is 0 Å². The summed E-state index contributed by atoms with van der Waals surface area (Å²) in [7, 11) is 0. The first-order chi connectivity index (χ1) is 5.79. The van der Waals surface area contributed by atoms with Gasteiger partial charge < -0.3 is 4.81 Å². The lowest BCUT2D eigenvalue weighted by atomic mass is 9.58. The third-order valence-corrected chi connectivity index (χ3v) is 2.88. The molecule has 0 bridgehead atoms. The van der Waals surface area contributed by atoms with E-state index in [1.165, 1.54) is 0 Å². The van der Waals surface area contributed by atoms with Gasteiger partial charge >= 0.3 is 6.85 Å². The van der Waals surface area contributed by atoms with E-state index in [9.17, 15) is 0 Å². The van der Waals surface area contributed by atoms with Gasteiger partial charge in [-0.3, -0.25) is 0 Å². The van der Waals surface area contributed by atoms with Crippen molar-refractivity contribution in [2.45, 2.75) is 0 Å². The maximum atomic E-state index is 6.05. The molecule has 0 aromatic rings. The lowest BCUT2D eigenvalue weighted by Gasteiger charge is -2.28. The predicted molar refractivity (Wildman–Crippen MR) is 56.8 cm³/mol. The average molecular weight is 242 g/mol. The summed E-state index contributed by atoms with van der Waals surface area (Å²) in [5.41, 5.74) is 0. The summed E-state index contributed by atoms with van der Waals surface area (Å²) in [5, 5.41) is 0. The van der Waals surface area contributed by atoms with Crippen LogP contribution in [-0.4, -0.2) is 11.7 Å². The second-order valence-corrected chi connectivity index (χ2v) is 3.99. The topological polar surface area (TPSA) is 3.24 Å². The molecule has 0 aromatic carbocycles. The Morgan fingerprint density at radius 3 is 2.58 bits per heavy atom. The zero-order valence-electron chi connectivity index (χ0n) is 6.24. The first kappa shape index (κ1) is 8.20. The number of allylic oxidation sites excluding steroid dienone is 4. The quantitative estimate of drug-likeness (QED) is 0.590. The van der Waals surface area contributed by atoms with Crippen LogP contribution in [0.2, 0.25) is 0 Å². The van der Waals surface area contributed by atoms with E-state index in [4.69, 9.17) is 11.6 Å². The Morgan fingerprint density at radius 1 is 1.25 bits per heavy atom. The smallest absolute Gasteiger partial charge is 0.346 e. The second-order valence-electron chi connectivity index (χ2n) is 2.64. The maximum Gasteiger partial charge on any atom is 0.346 e. The van der Waals surface area contributed by atoms with E-state index in [0.717, 1.165) is 9.31 Å². The number of nitrogens with zero attached hydrogens (tertiary/aromatic N) is 1. The van der Waals surface area contributed by atoms with Crippen molar-refractivity contribution in [2.24, 2.45) is 0 Å². The van der Waals surface area contributed by atoms with Crippen molar-refractivity contribution >= 4 is 34.4 Å². The minimum absolute atomic E-state index is 0.154. The average Bonchev–Trinajstić information content (AvgIpc) is 2.04. The summed E-state index contributed by atoms with van der Waals surface area (Å²) in [5.74, 6) is 0. The third-order valence-electron chi connectivity index (χ3n) is 1.85. The molecular formula is C8H6BBrClN. The largest absolute Gasteiger partial charge is 0.388 e. The molecule has 12 heavy (non-hydrogen) atoms. The molecule has 0 fully saturated rings. The standard InChI is InChI=1S/C8H6BBrClN/c10-7-3-1-5-12-6-2-4-8(11)9(7)12/h1-6H. The van der Waals surface area contributed by atoms with Crippen LogP contribution in [0.1, 0.15) is 0 Å². The van der Waals surface area contributed by atoms with Gasteiger partial charge in [-0.05, 0) is 28.9 Å². The summed E-state index contributed by atoms with van der Waals surface area (Å²) < 4.78 is 1.09. The number of fused-ring (bicyclic) bond motifs is 1. The Hall–Kier alpha value is -0.405. The highest BCUT2D eigenvalue weighted by Gasteiger charge is 2.29. The van der Waals surface area contributed by atoms with E-state index < -0.39 is 0 Å². The molecule has 60 valence electrons. The summed E-state index contributed by atoms with van der Waals surface area (Å²) in [6.07, 6.45) is 11.9. The maximum absolute atomic E-state index is 6.05. The summed E-state index contributed by atoms with van der Waals surface area (Å²) in [4.78, 5) is 2.90. The molecule has 2 rings (SSSR count). The van der Waals surface area contributed by atoms with Crippen LogP contribution in [0, 0.1) is 0 Å². The molecule has 2 heterocycles. The highest BCUT2D eigenvalue weighted by molar-refractivity contribution is 9.12. The van der Waals surface area contributed by atoms with Crippen molar-refractivity contribution in [2.75, 3.05) is 0 Å². The van der Waals surface area contributed by atoms with Gasteiger partial charge in [-0.25, -0.2) is 0 Å². The van der Waals surface area contributed by atoms with Crippen LogP contribution in [0.25, 0.3) is 0 Å². The molecule has 1 nitrogen and oxygen atoms in total. The lowest BCUT2D eigenvalue weighted by molar-refractivity contribution is 0.788. The van der Waals surface area contributed by atoms with E-state index in [0.29, 0.717) is 0 Å². The van der Waals surface area contributed by atoms with Gasteiger partial charge in [-0.15, -0.1) is 0 Å². The fourth-order valence-corrected chi connectivity index (χ4v) is 2.36. The van der Waals surface area contributed by atoms with Crippen LogP contribution in [0.5, 0.6) is 0 Å². The normalized spacial score (nSPS) is 20.5. The molecule has 0 aromatic heterocycles. The second kappa shape index (κ2) is 3.15. The monoisotopic (exact) mass is 241 g/mol. The van der Waals surface area contributed by atoms with Gasteiger partial charge in [0.25, 0.3) is 0 Å². The Balaban J connectivity index is 2.38. The molecule has 0 atom stereocenters. The molecule has 0 N–H and O–H groups in total. The number of halogens is 2. The summed E-state index contributed by atoms with van der Waals surface area (Å²) in [6, 6.07) is 0. The van der Waals surface area contributed by atoms with Crippen LogP contribution >= 0.6 is 27.5 Å². The Labute approximate surface area is 85.3 Å². The van der Waals surface area contributed by atoms with E-state index in [2.05, 4.69) is 20.7 Å². The minimum atomic E-state index is 0.154. The number of hydrogen-bond donors (Lipinski definition) is 0. The zero-order valence-corrected chi connectivity index (χ0v) is 8.59. The number of rotatable bonds is 0. The highest BCUT2D eigenvalue weighted by Crippen LogP contribution is 2.28. The van der Waals surface area contributed by atoms with E-state index in [-0.39, 0.29) is 6.85 Å². The van der Waals surface area contributed by atoms with Crippen LogP contribution in [0.3, 0.4) is 0 Å². The third kappa shape index (κ3) is 1.27. The zero-order chi connectivity index (χ0) is 8.55. The fourth-order valence-electron chi connectivity index (χ4n) is 1.29. The fraction of sp³-hybridized carbons (Fsp3) is 0. The van der Waals surface area contributed by atoms with Gasteiger partial charge in [0.15, 0.2) is 0 Å². The molecule has 2 aliphatic heterocycles. The molecule has 0 unspecified atom stereocenters. The van der Waals surface area contributed by atoms with Gasteiger partial charge in [-0.1, -0.05) is 39.7 Å². The molecule has 4 heteroatoms. The Kier molecular flexibility index (Phi) is 2.15. The molecule has 0 amide bonds. The molecule has 0 saturated carbocycles. The van der Waals surface area contributed by atoms with Crippen LogP contribution < -0.4 is 0 Å². The van der Waals surface area contributed by atoms with Crippen molar-refractivity contribution < 1.29 is 0 Å². The van der Waals surface area contributed by atoms with Crippen molar-refractivity contribution in [3.05, 3.63) is 46.0 Å². The molecule has 0 spiro atoms. The first-order valence-electron chi connectivity index (χ1n) is 3.64. The summed E-state index contributed by atoms with van der Waals surface area (Å²) in [6.45, 7) is 0.154. The molecule has 2 aliphatic rings. The van der Waals surface area contributed by atoms with Crippen LogP contribution in [0.4, 0.5) is 0 Å². The molecule has 0 aliphatic carbocycles. The molecule has 0 radical (unpaired) electrons. The molecule has 0 saturated heterocycles. The van der Waals surface area contributed by atoms with Gasteiger partial charge in [0.1, 0.15) is 0 Å². The minimum Gasteiger partial charge on any atom is -0.388 e. The van der Waals surface area contributed by atoms with Crippen molar-refractivity contribution in [3.63, 3.8) is 0 Å². The van der Waals surface area contributed by atoms with Gasteiger partial charge in [0, 0.05) is 4.93 Å². The summed E-state index contributed by atoms with van der Waals surface area (Å²) >= 11 is 9.53.